The second kappa shape index (κ2) is 2.71. The maximum Gasteiger partial charge on any atom is 0.140 e. The van der Waals surface area contributed by atoms with E-state index in [1.54, 1.807) is 18.1 Å². The van der Waals surface area contributed by atoms with E-state index in [2.05, 4.69) is 15.2 Å². The molecule has 0 amide bonds. The van der Waals surface area contributed by atoms with Crippen molar-refractivity contribution in [2.75, 3.05) is 6.26 Å². The average molecular weight is 129 g/mol. The van der Waals surface area contributed by atoms with Crippen LogP contribution in [0.1, 0.15) is 5.82 Å². The molecule has 0 unspecified atom stereocenters. The van der Waals surface area contributed by atoms with Crippen molar-refractivity contribution in [3.8, 4) is 0 Å². The summed E-state index contributed by atoms with van der Waals surface area (Å²) in [5, 5.41) is 7.40. The molecule has 0 atom stereocenters. The maximum atomic E-state index is 3.78. The highest BCUT2D eigenvalue weighted by Gasteiger charge is 1.89. The Kier molecular flexibility index (Phi) is 1.91. The minimum atomic E-state index is 0.917. The normalized spacial score (nSPS) is 9.62. The van der Waals surface area contributed by atoms with Gasteiger partial charge in [0.25, 0.3) is 0 Å². The first-order valence-corrected chi connectivity index (χ1v) is 3.66. The van der Waals surface area contributed by atoms with Gasteiger partial charge in [0.15, 0.2) is 0 Å². The van der Waals surface area contributed by atoms with Crippen LogP contribution in [-0.4, -0.2) is 21.4 Å². The predicted octanol–water partition coefficient (Wildman–Crippen LogP) is 0.668. The van der Waals surface area contributed by atoms with E-state index in [9.17, 15) is 0 Å². The monoisotopic (exact) mass is 129 g/mol. The largest absolute Gasteiger partial charge is 0.331 e. The fourth-order valence-corrected chi connectivity index (χ4v) is 0.853. The topological polar surface area (TPSA) is 41.6 Å². The fraction of sp³-hybridized carbons (Fsp3) is 0.500. The molecule has 8 heavy (non-hydrogen) atoms. The van der Waals surface area contributed by atoms with E-state index in [1.165, 1.54) is 0 Å². The molecule has 0 radical (unpaired) electrons. The summed E-state index contributed by atoms with van der Waals surface area (Å²) in [5.74, 6) is 1.86. The van der Waals surface area contributed by atoms with Gasteiger partial charge in [0.1, 0.15) is 12.2 Å². The molecule has 1 aromatic heterocycles. The Balaban J connectivity index is 2.50. The van der Waals surface area contributed by atoms with Gasteiger partial charge in [-0.25, -0.2) is 0 Å². The molecule has 0 aromatic carbocycles. The quantitative estimate of drug-likeness (QED) is 0.638. The Bertz CT molecular complexity index is 137. The van der Waals surface area contributed by atoms with Gasteiger partial charge in [-0.3, -0.25) is 0 Å². The summed E-state index contributed by atoms with van der Waals surface area (Å²) in [4.78, 5) is 2.90. The molecule has 0 saturated carbocycles. The van der Waals surface area contributed by atoms with Crippen LogP contribution in [0, 0.1) is 0 Å². The van der Waals surface area contributed by atoms with Crippen molar-refractivity contribution in [3.05, 3.63) is 12.2 Å². The molecule has 4 heteroatoms. The molecule has 0 saturated heterocycles. The van der Waals surface area contributed by atoms with Crippen LogP contribution in [0.4, 0.5) is 0 Å². The van der Waals surface area contributed by atoms with Crippen molar-refractivity contribution < 1.29 is 0 Å². The summed E-state index contributed by atoms with van der Waals surface area (Å²) in [7, 11) is 0. The lowest BCUT2D eigenvalue weighted by Crippen LogP contribution is -1.80. The number of hydrogen-bond acceptors (Lipinski definition) is 3. The molecule has 3 nitrogen and oxygen atoms in total. The molecule has 1 heterocycles. The Morgan fingerprint density at radius 1 is 1.88 bits per heavy atom. The van der Waals surface area contributed by atoms with Gasteiger partial charge in [-0.2, -0.15) is 11.8 Å². The van der Waals surface area contributed by atoms with Gasteiger partial charge in [0, 0.05) is 0 Å². The van der Waals surface area contributed by atoms with E-state index in [4.69, 9.17) is 0 Å². The zero-order chi connectivity index (χ0) is 5.82. The minimum absolute atomic E-state index is 0.917. The van der Waals surface area contributed by atoms with E-state index in [1.807, 2.05) is 6.26 Å². The summed E-state index contributed by atoms with van der Waals surface area (Å²) in [6.45, 7) is 0. The molecule has 0 aliphatic rings. The van der Waals surface area contributed by atoms with Gasteiger partial charge in [-0.15, -0.1) is 10.2 Å². The molecule has 0 spiro atoms. The standard InChI is InChI=1S/C4H7N3S/c1-8-2-4-5-3-6-7-4/h3H,2H2,1H3,(H,5,6,7). The highest BCUT2D eigenvalue weighted by Crippen LogP contribution is 1.99. The first kappa shape index (κ1) is 5.62. The summed E-state index contributed by atoms with van der Waals surface area (Å²) < 4.78 is 0. The van der Waals surface area contributed by atoms with E-state index < -0.39 is 0 Å². The van der Waals surface area contributed by atoms with Crippen LogP contribution >= 0.6 is 11.8 Å². The number of H-pyrrole nitrogens is 1. The summed E-state index contributed by atoms with van der Waals surface area (Å²) in [6.07, 6.45) is 3.62. The van der Waals surface area contributed by atoms with E-state index in [-0.39, 0.29) is 0 Å². The highest BCUT2D eigenvalue weighted by molar-refractivity contribution is 7.97. The molecule has 0 bridgehead atoms. The Labute approximate surface area is 51.9 Å². The first-order valence-electron chi connectivity index (χ1n) is 2.27. The van der Waals surface area contributed by atoms with Crippen LogP contribution in [0.3, 0.4) is 0 Å². The van der Waals surface area contributed by atoms with Crippen molar-refractivity contribution in [1.29, 1.82) is 0 Å². The Morgan fingerprint density at radius 2 is 2.75 bits per heavy atom. The number of aromatic amines is 1. The van der Waals surface area contributed by atoms with Crippen molar-refractivity contribution in [2.24, 2.45) is 0 Å². The van der Waals surface area contributed by atoms with Crippen molar-refractivity contribution in [2.45, 2.75) is 5.75 Å². The third-order valence-corrected chi connectivity index (χ3v) is 1.31. The maximum absolute atomic E-state index is 3.78. The van der Waals surface area contributed by atoms with E-state index >= 15 is 0 Å². The van der Waals surface area contributed by atoms with Gasteiger partial charge in [-0.1, -0.05) is 0 Å². The number of thioether (sulfide) groups is 1. The minimum Gasteiger partial charge on any atom is -0.331 e. The van der Waals surface area contributed by atoms with Crippen molar-refractivity contribution >= 4 is 11.8 Å². The molecular formula is C4H7N3S. The molecule has 1 N–H and O–H groups in total. The fourth-order valence-electron chi connectivity index (χ4n) is 0.438. The molecule has 0 aliphatic carbocycles. The summed E-state index contributed by atoms with van der Waals surface area (Å²) >= 11 is 1.73. The molecule has 0 aliphatic heterocycles. The van der Waals surface area contributed by atoms with Crippen molar-refractivity contribution in [1.82, 2.24) is 15.2 Å². The highest BCUT2D eigenvalue weighted by atomic mass is 32.2. The van der Waals surface area contributed by atoms with Crippen LogP contribution in [-0.2, 0) is 5.75 Å². The Morgan fingerprint density at radius 3 is 3.25 bits per heavy atom. The van der Waals surface area contributed by atoms with Gasteiger partial charge in [-0.05, 0) is 6.26 Å². The average Bonchev–Trinajstić information content (AvgIpc) is 2.19. The number of hydrogen-bond donors (Lipinski definition) is 1. The van der Waals surface area contributed by atoms with E-state index in [0.29, 0.717) is 0 Å². The third-order valence-electron chi connectivity index (χ3n) is 0.748. The lowest BCUT2D eigenvalue weighted by molar-refractivity contribution is 1.03. The molecular weight excluding hydrogens is 122 g/mol. The van der Waals surface area contributed by atoms with E-state index in [0.717, 1.165) is 11.6 Å². The zero-order valence-electron chi connectivity index (χ0n) is 4.59. The Hall–Kier alpha value is -0.510. The smallest absolute Gasteiger partial charge is 0.140 e. The van der Waals surface area contributed by atoms with Crippen molar-refractivity contribution in [3.63, 3.8) is 0 Å². The summed E-state index contributed by atoms with van der Waals surface area (Å²) in [6, 6.07) is 0. The third kappa shape index (κ3) is 1.23. The van der Waals surface area contributed by atoms with Gasteiger partial charge in [0.2, 0.25) is 0 Å². The van der Waals surface area contributed by atoms with Gasteiger partial charge in [0.05, 0.1) is 5.75 Å². The number of nitrogens with one attached hydrogen (secondary N) is 1. The SMILES string of the molecule is CSCc1nnc[nH]1. The molecule has 1 aromatic rings. The van der Waals surface area contributed by atoms with Gasteiger partial charge >= 0.3 is 0 Å². The van der Waals surface area contributed by atoms with Crippen LogP contribution in [0.15, 0.2) is 6.33 Å². The van der Waals surface area contributed by atoms with Gasteiger partial charge < -0.3 is 4.98 Å². The lowest BCUT2D eigenvalue weighted by Gasteiger charge is -1.84. The van der Waals surface area contributed by atoms with Crippen LogP contribution in [0.2, 0.25) is 0 Å². The number of aromatic nitrogens is 3. The second-order valence-electron chi connectivity index (χ2n) is 1.37. The summed E-state index contributed by atoms with van der Waals surface area (Å²) in [5.41, 5.74) is 0. The number of nitrogens with zero attached hydrogens (tertiary/aromatic N) is 2. The second-order valence-corrected chi connectivity index (χ2v) is 2.23. The zero-order valence-corrected chi connectivity index (χ0v) is 5.40. The first-order chi connectivity index (χ1) is 3.93. The predicted molar refractivity (Wildman–Crippen MR) is 33.6 cm³/mol. The number of rotatable bonds is 2. The van der Waals surface area contributed by atoms with Crippen LogP contribution in [0.25, 0.3) is 0 Å². The lowest BCUT2D eigenvalue weighted by atomic mass is 10.7. The molecule has 44 valence electrons. The molecule has 0 fully saturated rings. The van der Waals surface area contributed by atoms with Crippen LogP contribution in [0.5, 0.6) is 0 Å². The molecule has 1 rings (SSSR count). The van der Waals surface area contributed by atoms with Crippen LogP contribution < -0.4 is 0 Å².